The van der Waals surface area contributed by atoms with Gasteiger partial charge in [0, 0.05) is 11.4 Å². The fourth-order valence-corrected chi connectivity index (χ4v) is 1.92. The van der Waals surface area contributed by atoms with Gasteiger partial charge in [-0.25, -0.2) is 4.79 Å². The Morgan fingerprint density at radius 1 is 1.26 bits per heavy atom. The molecule has 0 bridgehead atoms. The van der Waals surface area contributed by atoms with Crippen LogP contribution in [0.5, 0.6) is 5.75 Å². The van der Waals surface area contributed by atoms with Gasteiger partial charge in [0.05, 0.1) is 11.7 Å². The molecular weight excluding hydrogens is 242 g/mol. The van der Waals surface area contributed by atoms with Gasteiger partial charge in [0.1, 0.15) is 5.75 Å². The second kappa shape index (κ2) is 5.18. The zero-order chi connectivity index (χ0) is 14.0. The van der Waals surface area contributed by atoms with Crippen LogP contribution in [0.1, 0.15) is 29.9 Å². The second-order valence-electron chi connectivity index (χ2n) is 4.72. The van der Waals surface area contributed by atoms with Gasteiger partial charge >= 0.3 is 5.97 Å². The van der Waals surface area contributed by atoms with Crippen molar-refractivity contribution in [3.05, 3.63) is 41.6 Å². The molecule has 0 aliphatic rings. The van der Waals surface area contributed by atoms with E-state index in [1.54, 1.807) is 13.0 Å². The number of carboxylic acids is 1. The number of aromatic amines is 1. The first kappa shape index (κ1) is 13.2. The largest absolute Gasteiger partial charge is 0.491 e. The molecule has 1 aromatic carbocycles. The lowest BCUT2D eigenvalue weighted by atomic mass is 10.1. The number of hydrogen-bond donors (Lipinski definition) is 2. The minimum absolute atomic E-state index is 0.136. The monoisotopic (exact) mass is 259 g/mol. The maximum atomic E-state index is 11.0. The van der Waals surface area contributed by atoms with Crippen molar-refractivity contribution in [3.63, 3.8) is 0 Å². The number of nitrogens with one attached hydrogen (secondary N) is 1. The van der Waals surface area contributed by atoms with Crippen molar-refractivity contribution in [2.45, 2.75) is 26.9 Å². The highest BCUT2D eigenvalue weighted by Crippen LogP contribution is 2.24. The predicted molar refractivity (Wildman–Crippen MR) is 73.7 cm³/mol. The van der Waals surface area contributed by atoms with Crippen molar-refractivity contribution in [1.82, 2.24) is 4.98 Å². The van der Waals surface area contributed by atoms with Gasteiger partial charge in [0.15, 0.2) is 0 Å². The predicted octanol–water partition coefficient (Wildman–Crippen LogP) is 3.48. The summed E-state index contributed by atoms with van der Waals surface area (Å²) in [5, 5.41) is 9.03. The molecule has 2 N–H and O–H groups in total. The van der Waals surface area contributed by atoms with Crippen LogP contribution < -0.4 is 4.74 Å². The molecule has 0 aliphatic carbocycles. The molecule has 0 saturated carbocycles. The maximum Gasteiger partial charge on any atom is 0.337 e. The van der Waals surface area contributed by atoms with E-state index >= 15 is 0 Å². The molecule has 0 fully saturated rings. The first-order chi connectivity index (χ1) is 8.97. The Balaban J connectivity index is 2.27. The molecule has 2 aromatic rings. The Labute approximate surface area is 112 Å². The summed E-state index contributed by atoms with van der Waals surface area (Å²) in [7, 11) is 0. The van der Waals surface area contributed by atoms with Crippen LogP contribution in [0.25, 0.3) is 11.3 Å². The second-order valence-corrected chi connectivity index (χ2v) is 4.72. The highest BCUT2D eigenvalue weighted by atomic mass is 16.5. The molecule has 0 amide bonds. The molecule has 100 valence electrons. The molecule has 1 aromatic heterocycles. The molecule has 4 heteroatoms. The lowest BCUT2D eigenvalue weighted by Gasteiger charge is -2.09. The number of ether oxygens (including phenoxy) is 1. The molecule has 2 rings (SSSR count). The molecule has 0 spiro atoms. The third-order valence-corrected chi connectivity index (χ3v) is 2.78. The Morgan fingerprint density at radius 3 is 2.37 bits per heavy atom. The number of carbonyl (C=O) groups is 1. The Hall–Kier alpha value is -2.23. The van der Waals surface area contributed by atoms with Crippen molar-refractivity contribution in [2.75, 3.05) is 0 Å². The first-order valence-electron chi connectivity index (χ1n) is 6.17. The van der Waals surface area contributed by atoms with E-state index in [0.29, 0.717) is 11.3 Å². The van der Waals surface area contributed by atoms with Crippen LogP contribution in [0.15, 0.2) is 30.3 Å². The summed E-state index contributed by atoms with van der Waals surface area (Å²) in [6, 6.07) is 9.23. The van der Waals surface area contributed by atoms with Crippen molar-refractivity contribution in [3.8, 4) is 17.0 Å². The van der Waals surface area contributed by atoms with Crippen LogP contribution in [0.3, 0.4) is 0 Å². The average molecular weight is 259 g/mol. The maximum absolute atomic E-state index is 11.0. The molecule has 0 atom stereocenters. The highest BCUT2D eigenvalue weighted by molar-refractivity contribution is 5.90. The molecule has 1 heterocycles. The van der Waals surface area contributed by atoms with Crippen LogP contribution in [-0.2, 0) is 0 Å². The average Bonchev–Trinajstić information content (AvgIpc) is 2.71. The smallest absolute Gasteiger partial charge is 0.337 e. The molecule has 0 unspecified atom stereocenters. The number of H-pyrrole nitrogens is 1. The van der Waals surface area contributed by atoms with Crippen molar-refractivity contribution in [2.24, 2.45) is 0 Å². The molecule has 4 nitrogen and oxygen atoms in total. The summed E-state index contributed by atoms with van der Waals surface area (Å²) in [6.45, 7) is 5.70. The summed E-state index contributed by atoms with van der Waals surface area (Å²) < 4.78 is 5.57. The van der Waals surface area contributed by atoms with Crippen LogP contribution >= 0.6 is 0 Å². The Kier molecular flexibility index (Phi) is 3.60. The minimum atomic E-state index is -0.917. The van der Waals surface area contributed by atoms with E-state index in [1.807, 2.05) is 38.1 Å². The summed E-state index contributed by atoms with van der Waals surface area (Å²) >= 11 is 0. The van der Waals surface area contributed by atoms with Crippen LogP contribution in [-0.4, -0.2) is 22.2 Å². The third-order valence-electron chi connectivity index (χ3n) is 2.78. The first-order valence-corrected chi connectivity index (χ1v) is 6.17. The van der Waals surface area contributed by atoms with E-state index in [2.05, 4.69) is 4.98 Å². The van der Waals surface area contributed by atoms with Crippen molar-refractivity contribution >= 4 is 5.97 Å². The fraction of sp³-hybridized carbons (Fsp3) is 0.267. The van der Waals surface area contributed by atoms with Gasteiger partial charge in [-0.2, -0.15) is 0 Å². The van der Waals surface area contributed by atoms with Crippen LogP contribution in [0.2, 0.25) is 0 Å². The molecule has 0 radical (unpaired) electrons. The van der Waals surface area contributed by atoms with Gasteiger partial charge in [0.25, 0.3) is 0 Å². The van der Waals surface area contributed by atoms with Gasteiger partial charge in [0.2, 0.25) is 0 Å². The number of hydrogen-bond acceptors (Lipinski definition) is 2. The fourth-order valence-electron chi connectivity index (χ4n) is 1.92. The zero-order valence-corrected chi connectivity index (χ0v) is 11.2. The van der Waals surface area contributed by atoms with Crippen LogP contribution in [0, 0.1) is 6.92 Å². The summed E-state index contributed by atoms with van der Waals surface area (Å²) in [6.07, 6.45) is 0.136. The van der Waals surface area contributed by atoms with Gasteiger partial charge in [-0.15, -0.1) is 0 Å². The number of aryl methyl sites for hydroxylation is 1. The van der Waals surface area contributed by atoms with E-state index in [0.717, 1.165) is 17.0 Å². The number of rotatable bonds is 4. The van der Waals surface area contributed by atoms with Gasteiger partial charge in [-0.3, -0.25) is 0 Å². The summed E-state index contributed by atoms with van der Waals surface area (Å²) in [4.78, 5) is 14.1. The lowest BCUT2D eigenvalue weighted by molar-refractivity contribution is 0.0696. The number of aromatic nitrogens is 1. The standard InChI is InChI=1S/C15H17NO3/c1-9(2)19-12-6-4-11(5-7-12)14-8-13(15(17)18)10(3)16-14/h4-9,16H,1-3H3,(H,17,18). The molecule has 0 aliphatic heterocycles. The molecular formula is C15H17NO3. The van der Waals surface area contributed by atoms with E-state index in [9.17, 15) is 4.79 Å². The van der Waals surface area contributed by atoms with E-state index < -0.39 is 5.97 Å². The van der Waals surface area contributed by atoms with E-state index in [4.69, 9.17) is 9.84 Å². The number of aromatic carboxylic acids is 1. The van der Waals surface area contributed by atoms with Gasteiger partial charge in [-0.1, -0.05) is 0 Å². The van der Waals surface area contributed by atoms with E-state index in [-0.39, 0.29) is 6.10 Å². The van der Waals surface area contributed by atoms with Crippen LogP contribution in [0.4, 0.5) is 0 Å². The van der Waals surface area contributed by atoms with Crippen molar-refractivity contribution < 1.29 is 14.6 Å². The Bertz CT molecular complexity index is 582. The summed E-state index contributed by atoms with van der Waals surface area (Å²) in [5.74, 6) is -0.111. The number of benzene rings is 1. The minimum Gasteiger partial charge on any atom is -0.491 e. The van der Waals surface area contributed by atoms with Crippen molar-refractivity contribution in [1.29, 1.82) is 0 Å². The van der Waals surface area contributed by atoms with E-state index in [1.165, 1.54) is 0 Å². The van der Waals surface area contributed by atoms with Gasteiger partial charge < -0.3 is 14.8 Å². The SMILES string of the molecule is Cc1[nH]c(-c2ccc(OC(C)C)cc2)cc1C(=O)O. The van der Waals surface area contributed by atoms with Gasteiger partial charge in [-0.05, 0) is 56.7 Å². The number of carboxylic acid groups (broad SMARTS) is 1. The molecule has 0 saturated heterocycles. The topological polar surface area (TPSA) is 62.3 Å². The normalized spacial score (nSPS) is 10.7. The quantitative estimate of drug-likeness (QED) is 0.883. The Morgan fingerprint density at radius 2 is 1.89 bits per heavy atom. The lowest BCUT2D eigenvalue weighted by Crippen LogP contribution is -2.05. The third kappa shape index (κ3) is 2.96. The zero-order valence-electron chi connectivity index (χ0n) is 11.2. The molecule has 19 heavy (non-hydrogen) atoms. The summed E-state index contributed by atoms with van der Waals surface area (Å²) in [5.41, 5.74) is 2.69. The highest BCUT2D eigenvalue weighted by Gasteiger charge is 2.12.